The van der Waals surface area contributed by atoms with Crippen molar-refractivity contribution in [2.45, 2.75) is 46.3 Å². The molecule has 174 valence electrons. The number of nitrogens with two attached hydrogens (primary N) is 1. The number of benzene rings is 2. The molecule has 0 aliphatic rings. The molecule has 0 spiro atoms. The molecule has 3 rings (SSSR count). The number of carbonyl (C=O) groups is 1. The number of halogens is 3. The van der Waals surface area contributed by atoms with Crippen molar-refractivity contribution in [3.05, 3.63) is 82.7 Å². The first-order valence-electron chi connectivity index (χ1n) is 10.8. The van der Waals surface area contributed by atoms with E-state index in [-0.39, 0.29) is 6.04 Å². The molecule has 3 aromatic rings. The summed E-state index contributed by atoms with van der Waals surface area (Å²) in [6, 6.07) is 12.6. The van der Waals surface area contributed by atoms with Gasteiger partial charge in [-0.1, -0.05) is 26.0 Å². The molecule has 0 saturated carbocycles. The first-order valence-corrected chi connectivity index (χ1v) is 10.8. The third-order valence-electron chi connectivity index (χ3n) is 5.51. The summed E-state index contributed by atoms with van der Waals surface area (Å²) < 4.78 is 38.7. The number of carbonyl (C=O) groups excluding carboxylic acids is 1. The van der Waals surface area contributed by atoms with Gasteiger partial charge in [0.25, 0.3) is 0 Å². The van der Waals surface area contributed by atoms with Gasteiger partial charge in [-0.15, -0.1) is 0 Å². The minimum atomic E-state index is -4.36. The van der Waals surface area contributed by atoms with E-state index < -0.39 is 17.6 Å². The number of primary amides is 1. The van der Waals surface area contributed by atoms with Crippen LogP contribution in [0.5, 0.6) is 0 Å². The van der Waals surface area contributed by atoms with Gasteiger partial charge in [0.15, 0.2) is 0 Å². The van der Waals surface area contributed by atoms with Gasteiger partial charge in [-0.3, -0.25) is 9.78 Å². The predicted octanol–water partition coefficient (Wildman–Crippen LogP) is 6.68. The average molecular weight is 456 g/mol. The van der Waals surface area contributed by atoms with Crippen molar-refractivity contribution in [2.24, 2.45) is 11.7 Å². The Morgan fingerprint density at radius 3 is 2.09 bits per heavy atom. The molecule has 1 aromatic heterocycles. The lowest BCUT2D eigenvalue weighted by Crippen LogP contribution is -2.16. The molecule has 0 bridgehead atoms. The molecule has 3 N–H and O–H groups in total. The fourth-order valence-electron chi connectivity index (χ4n) is 4.01. The lowest BCUT2D eigenvalue weighted by Gasteiger charge is -2.23. The van der Waals surface area contributed by atoms with E-state index in [9.17, 15) is 18.0 Å². The fourth-order valence-corrected chi connectivity index (χ4v) is 4.01. The van der Waals surface area contributed by atoms with Crippen LogP contribution in [0.4, 0.5) is 18.9 Å². The summed E-state index contributed by atoms with van der Waals surface area (Å²) >= 11 is 0. The van der Waals surface area contributed by atoms with Crippen molar-refractivity contribution in [1.82, 2.24) is 4.98 Å². The molecule has 2 aromatic carbocycles. The smallest absolute Gasteiger partial charge is 0.377 e. The Morgan fingerprint density at radius 2 is 1.64 bits per heavy atom. The van der Waals surface area contributed by atoms with E-state index in [1.165, 1.54) is 18.3 Å². The largest absolute Gasteiger partial charge is 0.416 e. The van der Waals surface area contributed by atoms with Crippen LogP contribution in [0.2, 0.25) is 0 Å². The summed E-state index contributed by atoms with van der Waals surface area (Å²) in [6.07, 6.45) is -2.05. The first kappa shape index (κ1) is 24.3. The number of nitrogens with zero attached hydrogens (tertiary/aromatic N) is 1. The van der Waals surface area contributed by atoms with Gasteiger partial charge in [-0.2, -0.15) is 13.2 Å². The second kappa shape index (κ2) is 9.65. The molecular weight excluding hydrogens is 427 g/mol. The predicted molar refractivity (Wildman–Crippen MR) is 125 cm³/mol. The Hall–Kier alpha value is -3.35. The standard InChI is InChI=1S/C26H28F3N3O/c1-15(2)11-23(22-10-7-19(14-31-22)25(30)33)32-21-12-16(3)24(17(4)13-21)18-5-8-20(9-6-18)26(27,28)29/h5-10,12-15,23,32H,11H2,1-4H3,(H2,30,33). The molecule has 0 aliphatic heterocycles. The Labute approximate surface area is 192 Å². The van der Waals surface area contributed by atoms with Crippen LogP contribution in [-0.4, -0.2) is 10.9 Å². The van der Waals surface area contributed by atoms with E-state index in [0.29, 0.717) is 11.5 Å². The van der Waals surface area contributed by atoms with Crippen LogP contribution in [0.3, 0.4) is 0 Å². The van der Waals surface area contributed by atoms with Gasteiger partial charge < -0.3 is 11.1 Å². The van der Waals surface area contributed by atoms with E-state index in [1.54, 1.807) is 12.1 Å². The number of pyridine rings is 1. The van der Waals surface area contributed by atoms with Gasteiger partial charge in [0, 0.05) is 11.9 Å². The maximum Gasteiger partial charge on any atom is 0.416 e. The first-order chi connectivity index (χ1) is 15.5. The van der Waals surface area contributed by atoms with Crippen LogP contribution in [0, 0.1) is 19.8 Å². The van der Waals surface area contributed by atoms with Crippen LogP contribution in [0.15, 0.2) is 54.7 Å². The van der Waals surface area contributed by atoms with Gasteiger partial charge in [0.1, 0.15) is 0 Å². The highest BCUT2D eigenvalue weighted by atomic mass is 19.4. The second-order valence-electron chi connectivity index (χ2n) is 8.72. The molecule has 0 radical (unpaired) electrons. The lowest BCUT2D eigenvalue weighted by molar-refractivity contribution is -0.137. The summed E-state index contributed by atoms with van der Waals surface area (Å²) in [5.74, 6) is -0.124. The number of aromatic nitrogens is 1. The molecular formula is C26H28F3N3O. The van der Waals surface area contributed by atoms with Crippen LogP contribution in [0.25, 0.3) is 11.1 Å². The summed E-state index contributed by atoms with van der Waals surface area (Å²) in [6.45, 7) is 8.14. The molecule has 0 aliphatic carbocycles. The number of alkyl halides is 3. The zero-order valence-corrected chi connectivity index (χ0v) is 19.1. The number of hydrogen-bond acceptors (Lipinski definition) is 3. The van der Waals surface area contributed by atoms with Crippen molar-refractivity contribution in [2.75, 3.05) is 5.32 Å². The van der Waals surface area contributed by atoms with Crippen LogP contribution >= 0.6 is 0 Å². The van der Waals surface area contributed by atoms with Crippen molar-refractivity contribution >= 4 is 11.6 Å². The van der Waals surface area contributed by atoms with E-state index >= 15 is 0 Å². The van der Waals surface area contributed by atoms with Gasteiger partial charge in [0.05, 0.1) is 22.9 Å². The number of hydrogen-bond donors (Lipinski definition) is 2. The summed E-state index contributed by atoms with van der Waals surface area (Å²) in [4.78, 5) is 15.8. The fraction of sp³-hybridized carbons (Fsp3) is 0.308. The highest BCUT2D eigenvalue weighted by Gasteiger charge is 2.30. The van der Waals surface area contributed by atoms with Gasteiger partial charge in [0.2, 0.25) is 5.91 Å². The maximum absolute atomic E-state index is 12.9. The molecule has 33 heavy (non-hydrogen) atoms. The SMILES string of the molecule is Cc1cc(NC(CC(C)C)c2ccc(C(N)=O)cn2)cc(C)c1-c1ccc(C(F)(F)F)cc1. The van der Waals surface area contributed by atoms with Crippen LogP contribution in [-0.2, 0) is 6.18 Å². The quantitative estimate of drug-likeness (QED) is 0.417. The summed E-state index contributed by atoms with van der Waals surface area (Å²) in [7, 11) is 0. The van der Waals surface area contributed by atoms with Crippen molar-refractivity contribution < 1.29 is 18.0 Å². The maximum atomic E-state index is 12.9. The molecule has 4 nitrogen and oxygen atoms in total. The van der Waals surface area contributed by atoms with Crippen LogP contribution in [0.1, 0.15) is 59.1 Å². The number of rotatable bonds is 7. The molecule has 1 heterocycles. The Kier molecular flexibility index (Phi) is 7.10. The van der Waals surface area contributed by atoms with Gasteiger partial charge in [-0.05, 0) is 84.8 Å². The normalized spacial score (nSPS) is 12.6. The zero-order valence-electron chi connectivity index (χ0n) is 19.1. The van der Waals surface area contributed by atoms with E-state index in [0.717, 1.165) is 52.2 Å². The molecule has 7 heteroatoms. The summed E-state index contributed by atoms with van der Waals surface area (Å²) in [5.41, 5.74) is 10.3. The molecule has 1 unspecified atom stereocenters. The lowest BCUT2D eigenvalue weighted by atomic mass is 9.93. The van der Waals surface area contributed by atoms with E-state index in [1.807, 2.05) is 26.0 Å². The van der Waals surface area contributed by atoms with Gasteiger partial charge >= 0.3 is 6.18 Å². The average Bonchev–Trinajstić information content (AvgIpc) is 2.72. The highest BCUT2D eigenvalue weighted by Crippen LogP contribution is 2.35. The second-order valence-corrected chi connectivity index (χ2v) is 8.72. The van der Waals surface area contributed by atoms with E-state index in [4.69, 9.17) is 5.73 Å². The third kappa shape index (κ3) is 5.92. The van der Waals surface area contributed by atoms with E-state index in [2.05, 4.69) is 24.1 Å². The molecule has 1 amide bonds. The Balaban J connectivity index is 1.90. The van der Waals surface area contributed by atoms with Crippen molar-refractivity contribution in [3.63, 3.8) is 0 Å². The van der Waals surface area contributed by atoms with Crippen molar-refractivity contribution in [1.29, 1.82) is 0 Å². The number of amides is 1. The Bertz CT molecular complexity index is 1100. The zero-order chi connectivity index (χ0) is 24.3. The number of anilines is 1. The Morgan fingerprint density at radius 1 is 1.03 bits per heavy atom. The van der Waals surface area contributed by atoms with Crippen LogP contribution < -0.4 is 11.1 Å². The summed E-state index contributed by atoms with van der Waals surface area (Å²) in [5, 5.41) is 3.54. The minimum Gasteiger partial charge on any atom is -0.377 e. The van der Waals surface area contributed by atoms with Gasteiger partial charge in [-0.25, -0.2) is 0 Å². The highest BCUT2D eigenvalue weighted by molar-refractivity contribution is 5.92. The molecule has 1 atom stereocenters. The van der Waals surface area contributed by atoms with Crippen molar-refractivity contribution in [3.8, 4) is 11.1 Å². The number of nitrogens with one attached hydrogen (secondary N) is 1. The number of aryl methyl sites for hydroxylation is 2. The molecule has 0 fully saturated rings. The minimum absolute atomic E-state index is 0.0809. The monoisotopic (exact) mass is 455 g/mol. The molecule has 0 saturated heterocycles. The topological polar surface area (TPSA) is 68.0 Å². The third-order valence-corrected chi connectivity index (χ3v) is 5.51.